The number of anilines is 1. The van der Waals surface area contributed by atoms with Crippen molar-refractivity contribution >= 4 is 16.9 Å². The number of pyridine rings is 1. The molecular formula is C10H11F3N4O. The highest BCUT2D eigenvalue weighted by Crippen LogP contribution is 2.22. The fourth-order valence-corrected chi connectivity index (χ4v) is 1.50. The standard InChI is InChI=1S/C10H11F3N4O/c1-17-5-16-8-6(17)2-3-14-9(8)15-4-7(18)10(11,12)13/h2-3,5,7,18H,4H2,1H3,(H,14,15). The van der Waals surface area contributed by atoms with Crippen molar-refractivity contribution in [1.82, 2.24) is 14.5 Å². The van der Waals surface area contributed by atoms with E-state index >= 15 is 0 Å². The number of fused-ring (bicyclic) bond motifs is 1. The number of hydrogen-bond donors (Lipinski definition) is 2. The molecule has 0 spiro atoms. The number of rotatable bonds is 3. The van der Waals surface area contributed by atoms with Crippen LogP contribution in [0.1, 0.15) is 0 Å². The Morgan fingerprint density at radius 3 is 2.83 bits per heavy atom. The fraction of sp³-hybridized carbons (Fsp3) is 0.400. The minimum atomic E-state index is -4.65. The van der Waals surface area contributed by atoms with E-state index in [1.54, 1.807) is 17.7 Å². The zero-order valence-corrected chi connectivity index (χ0v) is 9.44. The van der Waals surface area contributed by atoms with Gasteiger partial charge in [0.1, 0.15) is 5.52 Å². The number of nitrogens with one attached hydrogen (secondary N) is 1. The Balaban J connectivity index is 2.18. The fourth-order valence-electron chi connectivity index (χ4n) is 1.50. The molecule has 1 atom stereocenters. The monoisotopic (exact) mass is 260 g/mol. The second kappa shape index (κ2) is 4.45. The van der Waals surface area contributed by atoms with Crippen LogP contribution in [0.2, 0.25) is 0 Å². The lowest BCUT2D eigenvalue weighted by Crippen LogP contribution is -2.35. The highest BCUT2D eigenvalue weighted by molar-refractivity contribution is 5.85. The zero-order valence-electron chi connectivity index (χ0n) is 9.44. The average Bonchev–Trinajstić information content (AvgIpc) is 2.67. The van der Waals surface area contributed by atoms with Gasteiger partial charge in [-0.2, -0.15) is 13.2 Å². The normalized spacial score (nSPS) is 13.8. The van der Waals surface area contributed by atoms with Crippen molar-refractivity contribution in [3.63, 3.8) is 0 Å². The number of imidazole rings is 1. The van der Waals surface area contributed by atoms with Crippen molar-refractivity contribution in [3.8, 4) is 0 Å². The molecular weight excluding hydrogens is 249 g/mol. The number of nitrogens with zero attached hydrogens (tertiary/aromatic N) is 3. The van der Waals surface area contributed by atoms with E-state index in [-0.39, 0.29) is 5.82 Å². The third-order valence-electron chi connectivity index (χ3n) is 2.48. The van der Waals surface area contributed by atoms with Crippen molar-refractivity contribution in [2.75, 3.05) is 11.9 Å². The Kier molecular flexibility index (Phi) is 3.12. The highest BCUT2D eigenvalue weighted by atomic mass is 19.4. The van der Waals surface area contributed by atoms with E-state index in [1.165, 1.54) is 12.5 Å². The Morgan fingerprint density at radius 1 is 1.44 bits per heavy atom. The van der Waals surface area contributed by atoms with Gasteiger partial charge in [-0.3, -0.25) is 0 Å². The smallest absolute Gasteiger partial charge is 0.382 e. The quantitative estimate of drug-likeness (QED) is 0.873. The largest absolute Gasteiger partial charge is 0.416 e. The predicted octanol–water partition coefficient (Wildman–Crippen LogP) is 1.30. The molecule has 5 nitrogen and oxygen atoms in total. The van der Waals surface area contributed by atoms with Crippen LogP contribution in [0.15, 0.2) is 18.6 Å². The van der Waals surface area contributed by atoms with E-state index in [2.05, 4.69) is 15.3 Å². The van der Waals surface area contributed by atoms with Gasteiger partial charge < -0.3 is 15.0 Å². The van der Waals surface area contributed by atoms with Gasteiger partial charge in [0.25, 0.3) is 0 Å². The summed E-state index contributed by atoms with van der Waals surface area (Å²) in [6.07, 6.45) is -4.08. The van der Waals surface area contributed by atoms with Crippen LogP contribution in [-0.2, 0) is 7.05 Å². The van der Waals surface area contributed by atoms with Crippen LogP contribution >= 0.6 is 0 Å². The van der Waals surface area contributed by atoms with E-state index in [1.807, 2.05) is 0 Å². The molecule has 0 saturated carbocycles. The van der Waals surface area contributed by atoms with Gasteiger partial charge in [0.2, 0.25) is 0 Å². The molecule has 2 aromatic heterocycles. The number of alkyl halides is 3. The molecule has 0 radical (unpaired) electrons. The van der Waals surface area contributed by atoms with Crippen molar-refractivity contribution in [1.29, 1.82) is 0 Å². The summed E-state index contributed by atoms with van der Waals surface area (Å²) in [6, 6.07) is 1.70. The van der Waals surface area contributed by atoms with Gasteiger partial charge in [-0.05, 0) is 6.07 Å². The molecule has 0 aliphatic carbocycles. The molecule has 0 aliphatic heterocycles. The lowest BCUT2D eigenvalue weighted by molar-refractivity contribution is -0.198. The summed E-state index contributed by atoms with van der Waals surface area (Å²) in [5.74, 6) is 0.219. The number of halogens is 3. The molecule has 2 heterocycles. The minimum Gasteiger partial charge on any atom is -0.382 e. The SMILES string of the molecule is Cn1cnc2c(NCC(O)C(F)(F)F)nccc21. The topological polar surface area (TPSA) is 63.0 Å². The molecule has 2 rings (SSSR count). The third-order valence-corrected chi connectivity index (χ3v) is 2.48. The van der Waals surface area contributed by atoms with E-state index in [9.17, 15) is 13.2 Å². The highest BCUT2D eigenvalue weighted by Gasteiger charge is 2.37. The first-order valence-electron chi connectivity index (χ1n) is 5.14. The summed E-state index contributed by atoms with van der Waals surface area (Å²) in [5, 5.41) is 11.3. The molecule has 2 N–H and O–H groups in total. The van der Waals surface area contributed by atoms with Crippen LogP contribution in [-0.4, -0.2) is 38.5 Å². The van der Waals surface area contributed by atoms with Crippen molar-refractivity contribution in [3.05, 3.63) is 18.6 Å². The average molecular weight is 260 g/mol. The van der Waals surface area contributed by atoms with Crippen LogP contribution < -0.4 is 5.32 Å². The predicted molar refractivity (Wildman–Crippen MR) is 59.1 cm³/mol. The summed E-state index contributed by atoms with van der Waals surface area (Å²) < 4.78 is 38.1. The Hall–Kier alpha value is -1.83. The van der Waals surface area contributed by atoms with Crippen LogP contribution in [0, 0.1) is 0 Å². The first-order chi connectivity index (χ1) is 8.39. The van der Waals surface area contributed by atoms with Gasteiger partial charge in [-0.15, -0.1) is 0 Å². The maximum absolute atomic E-state index is 12.1. The van der Waals surface area contributed by atoms with Crippen LogP contribution in [0.5, 0.6) is 0 Å². The molecule has 8 heteroatoms. The number of hydrogen-bond acceptors (Lipinski definition) is 4. The van der Waals surface area contributed by atoms with Crippen molar-refractivity contribution in [2.24, 2.45) is 7.05 Å². The summed E-state index contributed by atoms with van der Waals surface area (Å²) in [5.41, 5.74) is 1.21. The molecule has 0 fully saturated rings. The molecule has 18 heavy (non-hydrogen) atoms. The molecule has 0 aliphatic rings. The van der Waals surface area contributed by atoms with Crippen molar-refractivity contribution < 1.29 is 18.3 Å². The van der Waals surface area contributed by atoms with Crippen LogP contribution in [0.4, 0.5) is 19.0 Å². The maximum Gasteiger partial charge on any atom is 0.416 e. The Bertz CT molecular complexity index is 552. The molecule has 1 unspecified atom stereocenters. The summed E-state index contributed by atoms with van der Waals surface area (Å²) in [4.78, 5) is 7.94. The molecule has 0 aromatic carbocycles. The maximum atomic E-state index is 12.1. The molecule has 0 bridgehead atoms. The first kappa shape index (κ1) is 12.6. The Morgan fingerprint density at radius 2 is 2.17 bits per heavy atom. The number of aryl methyl sites for hydroxylation is 1. The summed E-state index contributed by atoms with van der Waals surface area (Å²) >= 11 is 0. The summed E-state index contributed by atoms with van der Waals surface area (Å²) in [6.45, 7) is -0.661. The van der Waals surface area contributed by atoms with Crippen LogP contribution in [0.3, 0.4) is 0 Å². The minimum absolute atomic E-state index is 0.219. The number of aliphatic hydroxyl groups is 1. The number of aromatic nitrogens is 3. The van der Waals surface area contributed by atoms with Gasteiger partial charge in [0, 0.05) is 13.2 Å². The summed E-state index contributed by atoms with van der Waals surface area (Å²) in [7, 11) is 1.77. The van der Waals surface area contributed by atoms with Gasteiger partial charge in [-0.25, -0.2) is 9.97 Å². The van der Waals surface area contributed by atoms with Crippen LogP contribution in [0.25, 0.3) is 11.0 Å². The molecule has 0 amide bonds. The third kappa shape index (κ3) is 2.37. The second-order valence-electron chi connectivity index (χ2n) is 3.82. The van der Waals surface area contributed by atoms with Gasteiger partial charge in [-0.1, -0.05) is 0 Å². The molecule has 2 aromatic rings. The van der Waals surface area contributed by atoms with Gasteiger partial charge in [0.05, 0.1) is 18.4 Å². The molecule has 98 valence electrons. The van der Waals surface area contributed by atoms with E-state index < -0.39 is 18.8 Å². The second-order valence-corrected chi connectivity index (χ2v) is 3.82. The zero-order chi connectivity index (χ0) is 13.3. The number of aliphatic hydroxyl groups excluding tert-OH is 1. The van der Waals surface area contributed by atoms with Gasteiger partial charge >= 0.3 is 6.18 Å². The van der Waals surface area contributed by atoms with E-state index in [0.29, 0.717) is 5.52 Å². The lowest BCUT2D eigenvalue weighted by atomic mass is 10.3. The Labute approximate surface area is 100 Å². The lowest BCUT2D eigenvalue weighted by Gasteiger charge is -2.15. The molecule has 0 saturated heterocycles. The van der Waals surface area contributed by atoms with E-state index in [0.717, 1.165) is 5.52 Å². The van der Waals surface area contributed by atoms with Crippen molar-refractivity contribution in [2.45, 2.75) is 12.3 Å². The first-order valence-corrected chi connectivity index (χ1v) is 5.14. The van der Waals surface area contributed by atoms with Gasteiger partial charge in [0.15, 0.2) is 11.9 Å². The van der Waals surface area contributed by atoms with E-state index in [4.69, 9.17) is 5.11 Å².